The quantitative estimate of drug-likeness (QED) is 0.838. The van der Waals surface area contributed by atoms with Crippen molar-refractivity contribution in [2.75, 3.05) is 10.6 Å². The summed E-state index contributed by atoms with van der Waals surface area (Å²) >= 11 is 1.39. The maximum Gasteiger partial charge on any atom is 0.257 e. The molecule has 23 heavy (non-hydrogen) atoms. The first-order chi connectivity index (χ1) is 11.0. The number of carbonyl (C=O) groups is 2. The Morgan fingerprint density at radius 2 is 1.78 bits per heavy atom. The first-order valence-electron chi connectivity index (χ1n) is 7.67. The lowest BCUT2D eigenvalue weighted by molar-refractivity contribution is -0.120. The fraction of sp³-hybridized carbons (Fsp3) is 0.353. The molecule has 0 saturated carbocycles. The van der Waals surface area contributed by atoms with E-state index < -0.39 is 0 Å². The van der Waals surface area contributed by atoms with Gasteiger partial charge in [0.05, 0.1) is 5.69 Å². The van der Waals surface area contributed by atoms with Crippen LogP contribution in [-0.4, -0.2) is 16.8 Å². The van der Waals surface area contributed by atoms with Crippen LogP contribution in [0.1, 0.15) is 42.7 Å². The Kier molecular flexibility index (Phi) is 5.87. The molecule has 0 aliphatic rings. The molecule has 2 amide bonds. The Hall–Kier alpha value is -2.21. The van der Waals surface area contributed by atoms with E-state index in [1.54, 1.807) is 24.3 Å². The van der Waals surface area contributed by atoms with Crippen LogP contribution in [0.5, 0.6) is 0 Å². The van der Waals surface area contributed by atoms with E-state index in [1.807, 2.05) is 26.2 Å². The van der Waals surface area contributed by atoms with Gasteiger partial charge in [0.25, 0.3) is 5.91 Å². The summed E-state index contributed by atoms with van der Waals surface area (Å²) < 4.78 is 0. The van der Waals surface area contributed by atoms with Gasteiger partial charge in [-0.2, -0.15) is 0 Å². The lowest BCUT2D eigenvalue weighted by Gasteiger charge is -2.13. The third-order valence-corrected chi connectivity index (χ3v) is 4.49. The second kappa shape index (κ2) is 7.87. The Labute approximate surface area is 140 Å². The van der Waals surface area contributed by atoms with E-state index in [4.69, 9.17) is 0 Å². The topological polar surface area (TPSA) is 71.1 Å². The number of carbonyl (C=O) groups excluding carboxylic acids is 2. The Bertz CT molecular complexity index is 675. The number of hydrogen-bond acceptors (Lipinski definition) is 4. The fourth-order valence-electron chi connectivity index (χ4n) is 2.19. The van der Waals surface area contributed by atoms with Crippen LogP contribution in [-0.2, 0) is 4.79 Å². The van der Waals surface area contributed by atoms with Gasteiger partial charge in [0.1, 0.15) is 0 Å². The molecule has 0 aliphatic carbocycles. The number of nitrogens with one attached hydrogen (secondary N) is 2. The molecule has 2 N–H and O–H groups in total. The summed E-state index contributed by atoms with van der Waals surface area (Å²) in [6.45, 7) is 5.88. The van der Waals surface area contributed by atoms with E-state index in [2.05, 4.69) is 15.6 Å². The van der Waals surface area contributed by atoms with E-state index in [-0.39, 0.29) is 17.7 Å². The van der Waals surface area contributed by atoms with Gasteiger partial charge in [0, 0.05) is 22.5 Å². The summed E-state index contributed by atoms with van der Waals surface area (Å²) in [4.78, 5) is 28.4. The van der Waals surface area contributed by atoms with Crippen molar-refractivity contribution in [3.63, 3.8) is 0 Å². The molecule has 0 radical (unpaired) electrons. The Balaban J connectivity index is 1.98. The molecule has 5 nitrogen and oxygen atoms in total. The zero-order valence-electron chi connectivity index (χ0n) is 13.6. The molecule has 0 unspecified atom stereocenters. The predicted octanol–water partition coefficient (Wildman–Crippen LogP) is 4.08. The zero-order chi connectivity index (χ0) is 16.8. The van der Waals surface area contributed by atoms with E-state index in [1.165, 1.54) is 11.3 Å². The largest absolute Gasteiger partial charge is 0.326 e. The van der Waals surface area contributed by atoms with Gasteiger partial charge >= 0.3 is 0 Å². The third kappa shape index (κ3) is 4.63. The number of thiazole rings is 1. The van der Waals surface area contributed by atoms with E-state index >= 15 is 0 Å². The minimum Gasteiger partial charge on any atom is -0.326 e. The van der Waals surface area contributed by atoms with Crippen molar-refractivity contribution in [1.82, 2.24) is 4.98 Å². The van der Waals surface area contributed by atoms with Gasteiger partial charge in [-0.15, -0.1) is 11.3 Å². The fourth-order valence-corrected chi connectivity index (χ4v) is 2.87. The maximum absolute atomic E-state index is 12.1. The van der Waals surface area contributed by atoms with Crippen LogP contribution in [0.2, 0.25) is 0 Å². The monoisotopic (exact) mass is 331 g/mol. The molecule has 0 fully saturated rings. The second-order valence-corrected chi connectivity index (χ2v) is 6.19. The number of anilines is 2. The summed E-state index contributed by atoms with van der Waals surface area (Å²) in [6, 6.07) is 6.86. The first-order valence-corrected chi connectivity index (χ1v) is 8.55. The molecule has 2 aromatic rings. The summed E-state index contributed by atoms with van der Waals surface area (Å²) in [5.41, 5.74) is 2.10. The van der Waals surface area contributed by atoms with Crippen LogP contribution < -0.4 is 10.6 Å². The molecule has 0 saturated heterocycles. The molecule has 6 heteroatoms. The number of benzene rings is 1. The molecule has 122 valence electrons. The van der Waals surface area contributed by atoms with Gasteiger partial charge in [0.2, 0.25) is 5.91 Å². The van der Waals surface area contributed by atoms with Crippen molar-refractivity contribution in [2.24, 2.45) is 5.92 Å². The Morgan fingerprint density at radius 1 is 1.13 bits per heavy atom. The lowest BCUT2D eigenvalue weighted by atomic mass is 10.0. The lowest BCUT2D eigenvalue weighted by Crippen LogP contribution is -2.21. The molecule has 2 rings (SSSR count). The molecule has 1 heterocycles. The number of nitrogens with zero attached hydrogens (tertiary/aromatic N) is 1. The number of amides is 2. The van der Waals surface area contributed by atoms with Gasteiger partial charge in [-0.3, -0.25) is 14.9 Å². The van der Waals surface area contributed by atoms with E-state index in [0.717, 1.165) is 18.5 Å². The first kappa shape index (κ1) is 17.1. The highest BCUT2D eigenvalue weighted by molar-refractivity contribution is 7.13. The second-order valence-electron chi connectivity index (χ2n) is 5.33. The number of rotatable bonds is 6. The van der Waals surface area contributed by atoms with E-state index in [9.17, 15) is 9.59 Å². The summed E-state index contributed by atoms with van der Waals surface area (Å²) in [5, 5.41) is 8.10. The minimum atomic E-state index is -0.211. The van der Waals surface area contributed by atoms with E-state index in [0.29, 0.717) is 16.4 Å². The highest BCUT2D eigenvalue weighted by Crippen LogP contribution is 2.17. The van der Waals surface area contributed by atoms with Crippen LogP contribution in [0.25, 0.3) is 0 Å². The van der Waals surface area contributed by atoms with Gasteiger partial charge < -0.3 is 5.32 Å². The average molecular weight is 331 g/mol. The van der Waals surface area contributed by atoms with Gasteiger partial charge in [-0.25, -0.2) is 4.98 Å². The van der Waals surface area contributed by atoms with Crippen LogP contribution in [0.3, 0.4) is 0 Å². The van der Waals surface area contributed by atoms with Crippen molar-refractivity contribution in [3.8, 4) is 0 Å². The smallest absolute Gasteiger partial charge is 0.257 e. The highest BCUT2D eigenvalue weighted by Gasteiger charge is 2.14. The van der Waals surface area contributed by atoms with Crippen LogP contribution in [0.4, 0.5) is 10.8 Å². The number of aryl methyl sites for hydroxylation is 1. The van der Waals surface area contributed by atoms with Gasteiger partial charge in [0.15, 0.2) is 5.13 Å². The predicted molar refractivity (Wildman–Crippen MR) is 93.9 cm³/mol. The van der Waals surface area contributed by atoms with Crippen molar-refractivity contribution < 1.29 is 9.59 Å². The van der Waals surface area contributed by atoms with Crippen molar-refractivity contribution in [1.29, 1.82) is 0 Å². The summed E-state index contributed by atoms with van der Waals surface area (Å²) in [6.07, 6.45) is 1.63. The van der Waals surface area contributed by atoms with Crippen LogP contribution in [0, 0.1) is 12.8 Å². The maximum atomic E-state index is 12.1. The molecular weight excluding hydrogens is 310 g/mol. The highest BCUT2D eigenvalue weighted by atomic mass is 32.1. The van der Waals surface area contributed by atoms with Gasteiger partial charge in [-0.1, -0.05) is 13.8 Å². The third-order valence-electron chi connectivity index (χ3n) is 3.61. The number of aromatic nitrogens is 1. The zero-order valence-corrected chi connectivity index (χ0v) is 14.4. The molecular formula is C17H21N3O2S. The number of hydrogen-bond donors (Lipinski definition) is 2. The van der Waals surface area contributed by atoms with Crippen LogP contribution in [0.15, 0.2) is 29.6 Å². The summed E-state index contributed by atoms with van der Waals surface area (Å²) in [7, 11) is 0. The molecule has 1 aromatic heterocycles. The average Bonchev–Trinajstić information content (AvgIpc) is 2.94. The normalized spacial score (nSPS) is 10.6. The molecule has 0 spiro atoms. The van der Waals surface area contributed by atoms with Crippen LogP contribution >= 0.6 is 11.3 Å². The van der Waals surface area contributed by atoms with Crippen molar-refractivity contribution >= 4 is 34.0 Å². The molecule has 0 aliphatic heterocycles. The molecule has 0 bridgehead atoms. The Morgan fingerprint density at radius 3 is 2.30 bits per heavy atom. The molecule has 1 aromatic carbocycles. The summed E-state index contributed by atoms with van der Waals surface area (Å²) in [5.74, 6) is -0.172. The minimum absolute atomic E-state index is 0.0189. The van der Waals surface area contributed by atoms with Gasteiger partial charge in [-0.05, 0) is 44.0 Å². The van der Waals surface area contributed by atoms with Crippen molar-refractivity contribution in [2.45, 2.75) is 33.6 Å². The standard InChI is InChI=1S/C17H21N3O2S/c1-4-12(5-2)15(21)19-14-8-6-13(7-9-14)16(22)20-17-18-11(3)10-23-17/h6-10,12H,4-5H2,1-3H3,(H,19,21)(H,18,20,22). The molecule has 0 atom stereocenters. The van der Waals surface area contributed by atoms with Crippen molar-refractivity contribution in [3.05, 3.63) is 40.9 Å². The SMILES string of the molecule is CCC(CC)C(=O)Nc1ccc(C(=O)Nc2nc(C)cs2)cc1.